The van der Waals surface area contributed by atoms with Crippen LogP contribution in [0.3, 0.4) is 0 Å². The molecule has 1 amide bonds. The van der Waals surface area contributed by atoms with Crippen molar-refractivity contribution in [3.05, 3.63) is 30.1 Å². The first-order valence-electron chi connectivity index (χ1n) is 6.04. The lowest BCUT2D eigenvalue weighted by Gasteiger charge is -2.23. The minimum absolute atomic E-state index is 0.299. The van der Waals surface area contributed by atoms with Crippen LogP contribution in [0.15, 0.2) is 29.6 Å². The molecule has 9 nitrogen and oxygen atoms in total. The number of hydrogen-bond acceptors (Lipinski definition) is 8. The first-order valence-corrected chi connectivity index (χ1v) is 6.04. The highest BCUT2D eigenvalue weighted by atomic mass is 16.4. The number of hydrazone groups is 1. The molecule has 0 aliphatic carbocycles. The Balaban J connectivity index is 2.51. The van der Waals surface area contributed by atoms with Crippen molar-refractivity contribution in [3.63, 3.8) is 0 Å². The molecule has 0 unspecified atom stereocenters. The zero-order valence-corrected chi connectivity index (χ0v) is 10.9. The van der Waals surface area contributed by atoms with E-state index in [1.807, 2.05) is 0 Å². The molecule has 1 rings (SSSR count). The smallest absolute Gasteiger partial charge is 0.271 e. The van der Waals surface area contributed by atoms with Crippen molar-refractivity contribution in [2.24, 2.45) is 5.10 Å². The molecule has 0 aliphatic rings. The normalized spacial score (nSPS) is 17.2. The van der Waals surface area contributed by atoms with E-state index in [2.05, 4.69) is 15.5 Å². The maximum atomic E-state index is 11.6. The second kappa shape index (κ2) is 8.39. The van der Waals surface area contributed by atoms with Gasteiger partial charge in [-0.05, 0) is 12.1 Å². The van der Waals surface area contributed by atoms with E-state index in [1.165, 1.54) is 24.5 Å². The molecular weight excluding hydrogens is 282 g/mol. The van der Waals surface area contributed by atoms with Gasteiger partial charge in [0.2, 0.25) is 0 Å². The van der Waals surface area contributed by atoms with Gasteiger partial charge in [-0.15, -0.1) is 0 Å². The predicted octanol–water partition coefficient (Wildman–Crippen LogP) is -2.77. The molecule has 0 saturated heterocycles. The topological polar surface area (TPSA) is 156 Å². The average molecular weight is 299 g/mol. The van der Waals surface area contributed by atoms with Crippen LogP contribution >= 0.6 is 0 Å². The fraction of sp³-hybridized carbons (Fsp3) is 0.417. The van der Waals surface area contributed by atoms with E-state index in [4.69, 9.17) is 10.2 Å². The molecule has 0 aliphatic heterocycles. The van der Waals surface area contributed by atoms with Crippen molar-refractivity contribution in [2.45, 2.75) is 24.4 Å². The van der Waals surface area contributed by atoms with Gasteiger partial charge in [-0.3, -0.25) is 9.78 Å². The average Bonchev–Trinajstić information content (AvgIpc) is 2.53. The SMILES string of the molecule is O=C(N/N=C/[C@@H](O)[C@@H](O)[C@@H](O)[C@@H](O)CO)c1ccncc1. The Morgan fingerprint density at radius 3 is 2.43 bits per heavy atom. The second-order valence-corrected chi connectivity index (χ2v) is 4.18. The summed E-state index contributed by atoms with van der Waals surface area (Å²) in [6, 6.07) is 2.91. The summed E-state index contributed by atoms with van der Waals surface area (Å²) in [4.78, 5) is 15.3. The summed E-state index contributed by atoms with van der Waals surface area (Å²) in [5.74, 6) is -0.550. The number of carbonyl (C=O) groups excluding carboxylic acids is 1. The fourth-order valence-electron chi connectivity index (χ4n) is 1.37. The van der Waals surface area contributed by atoms with E-state index in [0.29, 0.717) is 5.56 Å². The van der Waals surface area contributed by atoms with E-state index in [-0.39, 0.29) is 0 Å². The Kier molecular flexibility index (Phi) is 6.85. The lowest BCUT2D eigenvalue weighted by atomic mass is 10.0. The Morgan fingerprint density at radius 1 is 1.24 bits per heavy atom. The van der Waals surface area contributed by atoms with E-state index < -0.39 is 36.9 Å². The van der Waals surface area contributed by atoms with Crippen molar-refractivity contribution in [1.29, 1.82) is 0 Å². The first-order chi connectivity index (χ1) is 9.97. The summed E-state index contributed by atoms with van der Waals surface area (Å²) in [5.41, 5.74) is 2.40. The molecule has 0 fully saturated rings. The molecule has 9 heteroatoms. The van der Waals surface area contributed by atoms with E-state index in [1.54, 1.807) is 0 Å². The summed E-state index contributed by atoms with van der Waals surface area (Å²) in [5, 5.41) is 49.5. The first kappa shape index (κ1) is 17.1. The van der Waals surface area contributed by atoms with Gasteiger partial charge in [0.05, 0.1) is 12.8 Å². The van der Waals surface area contributed by atoms with Crippen LogP contribution in [0.25, 0.3) is 0 Å². The van der Waals surface area contributed by atoms with Crippen LogP contribution < -0.4 is 5.43 Å². The number of pyridine rings is 1. The molecule has 1 aromatic heterocycles. The molecular formula is C12H17N3O6. The number of nitrogens with zero attached hydrogens (tertiary/aromatic N) is 2. The molecule has 0 radical (unpaired) electrons. The van der Waals surface area contributed by atoms with Gasteiger partial charge in [0, 0.05) is 18.0 Å². The fourth-order valence-corrected chi connectivity index (χ4v) is 1.37. The molecule has 0 bridgehead atoms. The number of aliphatic hydroxyl groups excluding tert-OH is 5. The summed E-state index contributed by atoms with van der Waals surface area (Å²) < 4.78 is 0. The largest absolute Gasteiger partial charge is 0.394 e. The molecule has 6 N–H and O–H groups in total. The van der Waals surface area contributed by atoms with Gasteiger partial charge in [-0.2, -0.15) is 5.10 Å². The van der Waals surface area contributed by atoms with Gasteiger partial charge >= 0.3 is 0 Å². The van der Waals surface area contributed by atoms with Crippen LogP contribution in [-0.4, -0.2) is 73.7 Å². The van der Waals surface area contributed by atoms with Gasteiger partial charge in [-0.25, -0.2) is 5.43 Å². The van der Waals surface area contributed by atoms with Gasteiger partial charge in [0.1, 0.15) is 24.4 Å². The highest BCUT2D eigenvalue weighted by Gasteiger charge is 2.29. The molecule has 0 spiro atoms. The van der Waals surface area contributed by atoms with Crippen molar-refractivity contribution in [1.82, 2.24) is 10.4 Å². The zero-order valence-electron chi connectivity index (χ0n) is 10.9. The summed E-state index contributed by atoms with van der Waals surface area (Å²) in [7, 11) is 0. The van der Waals surface area contributed by atoms with Gasteiger partial charge in [0.15, 0.2) is 0 Å². The number of hydrogen-bond donors (Lipinski definition) is 6. The highest BCUT2D eigenvalue weighted by Crippen LogP contribution is 2.03. The van der Waals surface area contributed by atoms with Gasteiger partial charge in [-0.1, -0.05) is 0 Å². The third-order valence-electron chi connectivity index (χ3n) is 2.62. The molecule has 4 atom stereocenters. The predicted molar refractivity (Wildman–Crippen MR) is 71.3 cm³/mol. The third-order valence-corrected chi connectivity index (χ3v) is 2.62. The molecule has 1 aromatic rings. The van der Waals surface area contributed by atoms with Crippen molar-refractivity contribution in [2.75, 3.05) is 6.61 Å². The van der Waals surface area contributed by atoms with Gasteiger partial charge < -0.3 is 25.5 Å². The Morgan fingerprint density at radius 2 is 1.86 bits per heavy atom. The van der Waals surface area contributed by atoms with E-state index in [0.717, 1.165) is 6.21 Å². The van der Waals surface area contributed by atoms with Crippen LogP contribution in [-0.2, 0) is 0 Å². The maximum absolute atomic E-state index is 11.6. The Hall–Kier alpha value is -1.91. The maximum Gasteiger partial charge on any atom is 0.271 e. The number of amides is 1. The molecule has 0 aromatic carbocycles. The van der Waals surface area contributed by atoms with E-state index in [9.17, 15) is 20.1 Å². The lowest BCUT2D eigenvalue weighted by Crippen LogP contribution is -2.46. The lowest BCUT2D eigenvalue weighted by molar-refractivity contribution is -0.0999. The van der Waals surface area contributed by atoms with Crippen molar-refractivity contribution < 1.29 is 30.3 Å². The summed E-state index contributed by atoms with van der Waals surface area (Å²) in [6.07, 6.45) is -3.14. The number of carbonyl (C=O) groups is 1. The number of aromatic nitrogens is 1. The minimum Gasteiger partial charge on any atom is -0.394 e. The van der Waals surface area contributed by atoms with Crippen molar-refractivity contribution in [3.8, 4) is 0 Å². The number of aliphatic hydroxyl groups is 5. The van der Waals surface area contributed by atoms with E-state index >= 15 is 0 Å². The Bertz CT molecular complexity index is 469. The number of nitrogens with one attached hydrogen (secondary N) is 1. The summed E-state index contributed by atoms with van der Waals surface area (Å²) >= 11 is 0. The van der Waals surface area contributed by atoms with Crippen LogP contribution in [0, 0.1) is 0 Å². The quantitative estimate of drug-likeness (QED) is 0.235. The van der Waals surface area contributed by atoms with Crippen LogP contribution in [0.4, 0.5) is 0 Å². The van der Waals surface area contributed by atoms with Crippen LogP contribution in [0.1, 0.15) is 10.4 Å². The zero-order chi connectivity index (χ0) is 15.8. The highest BCUT2D eigenvalue weighted by molar-refractivity contribution is 5.94. The molecule has 116 valence electrons. The standard InChI is InChI=1S/C12H17N3O6/c16-6-9(18)11(20)10(19)8(17)5-14-15-12(21)7-1-3-13-4-2-7/h1-5,8-11,16-20H,6H2,(H,15,21)/b14-5+/t8-,9+,10-,11+/m1/s1. The summed E-state index contributed by atoms with van der Waals surface area (Å²) in [6.45, 7) is -0.777. The second-order valence-electron chi connectivity index (χ2n) is 4.18. The van der Waals surface area contributed by atoms with Crippen LogP contribution in [0.2, 0.25) is 0 Å². The molecule has 0 saturated carbocycles. The molecule has 21 heavy (non-hydrogen) atoms. The minimum atomic E-state index is -1.77. The van der Waals surface area contributed by atoms with Crippen LogP contribution in [0.5, 0.6) is 0 Å². The number of rotatable bonds is 7. The molecule has 1 heterocycles. The third kappa shape index (κ3) is 5.17. The monoisotopic (exact) mass is 299 g/mol. The Labute approximate surface area is 120 Å². The van der Waals surface area contributed by atoms with Gasteiger partial charge in [0.25, 0.3) is 5.91 Å². The van der Waals surface area contributed by atoms with Crippen molar-refractivity contribution >= 4 is 12.1 Å².